The predicted octanol–water partition coefficient (Wildman–Crippen LogP) is 4.61. The predicted molar refractivity (Wildman–Crippen MR) is 109 cm³/mol. The number of nitrogens with one attached hydrogen (secondary N) is 1. The fourth-order valence-electron chi connectivity index (χ4n) is 3.65. The third kappa shape index (κ3) is 4.34. The van der Waals surface area contributed by atoms with E-state index in [-0.39, 0.29) is 12.7 Å². The molecule has 1 fully saturated rings. The monoisotopic (exact) mass is 364 g/mol. The lowest BCUT2D eigenvalue weighted by molar-refractivity contribution is 0.224. The summed E-state index contributed by atoms with van der Waals surface area (Å²) in [5.41, 5.74) is 4.62. The third-order valence-corrected chi connectivity index (χ3v) is 5.11. The maximum atomic E-state index is 9.73. The average Bonchev–Trinajstić information content (AvgIpc) is 3.40. The van der Waals surface area contributed by atoms with Gasteiger partial charge in [-0.2, -0.15) is 0 Å². The standard InChI is InChI=1S/C23H28N2O2/c1-16(2)27-23-8-4-18(12-20(23)15-26)14-25(21-5-6-21)13-17-3-7-22-19(11-17)9-10-24-22/h3-4,7-12,16,21,24,26H,5-6,13-15H2,1-2H3. The number of rotatable bonds is 8. The van der Waals surface area contributed by atoms with Crippen LogP contribution in [-0.2, 0) is 19.7 Å². The molecule has 4 nitrogen and oxygen atoms in total. The minimum atomic E-state index is 0.00345. The number of benzene rings is 2. The zero-order valence-corrected chi connectivity index (χ0v) is 16.1. The number of aliphatic hydroxyl groups is 1. The molecular formula is C23H28N2O2. The van der Waals surface area contributed by atoms with Crippen molar-refractivity contribution in [3.63, 3.8) is 0 Å². The number of hydrogen-bond acceptors (Lipinski definition) is 3. The van der Waals surface area contributed by atoms with Crippen molar-refractivity contribution < 1.29 is 9.84 Å². The summed E-state index contributed by atoms with van der Waals surface area (Å²) in [6, 6.07) is 15.7. The fraction of sp³-hybridized carbons (Fsp3) is 0.391. The molecule has 3 aromatic rings. The van der Waals surface area contributed by atoms with Gasteiger partial charge in [-0.05, 0) is 73.5 Å². The fourth-order valence-corrected chi connectivity index (χ4v) is 3.65. The van der Waals surface area contributed by atoms with E-state index in [0.717, 1.165) is 24.4 Å². The van der Waals surface area contributed by atoms with Gasteiger partial charge in [-0.15, -0.1) is 0 Å². The van der Waals surface area contributed by atoms with E-state index in [1.54, 1.807) is 0 Å². The summed E-state index contributed by atoms with van der Waals surface area (Å²) < 4.78 is 5.81. The van der Waals surface area contributed by atoms with Gasteiger partial charge in [-0.25, -0.2) is 0 Å². The van der Waals surface area contributed by atoms with Gasteiger partial charge in [-0.1, -0.05) is 12.1 Å². The highest BCUT2D eigenvalue weighted by atomic mass is 16.5. The Bertz CT molecular complexity index is 912. The molecule has 0 radical (unpaired) electrons. The highest BCUT2D eigenvalue weighted by Crippen LogP contribution is 2.31. The molecule has 1 aromatic heterocycles. The molecule has 0 spiro atoms. The van der Waals surface area contributed by atoms with Crippen LogP contribution in [0.25, 0.3) is 10.9 Å². The van der Waals surface area contributed by atoms with Crippen LogP contribution in [0.2, 0.25) is 0 Å². The maximum Gasteiger partial charge on any atom is 0.125 e. The number of ether oxygens (including phenoxy) is 1. The SMILES string of the molecule is CC(C)Oc1ccc(CN(Cc2ccc3[nH]ccc3c2)C2CC2)cc1CO. The van der Waals surface area contributed by atoms with E-state index in [9.17, 15) is 5.11 Å². The minimum Gasteiger partial charge on any atom is -0.491 e. The van der Waals surface area contributed by atoms with Crippen molar-refractivity contribution >= 4 is 10.9 Å². The topological polar surface area (TPSA) is 48.5 Å². The van der Waals surface area contributed by atoms with Gasteiger partial charge in [0, 0.05) is 36.4 Å². The second-order valence-electron chi connectivity index (χ2n) is 7.80. The molecule has 1 heterocycles. The van der Waals surface area contributed by atoms with Crippen LogP contribution in [0, 0.1) is 0 Å². The van der Waals surface area contributed by atoms with Crippen LogP contribution in [0.4, 0.5) is 0 Å². The van der Waals surface area contributed by atoms with Crippen LogP contribution in [0.1, 0.15) is 43.4 Å². The van der Waals surface area contributed by atoms with Crippen molar-refractivity contribution in [3.05, 3.63) is 65.4 Å². The van der Waals surface area contributed by atoms with Gasteiger partial charge in [0.2, 0.25) is 0 Å². The van der Waals surface area contributed by atoms with Crippen molar-refractivity contribution in [2.45, 2.75) is 58.5 Å². The molecule has 1 aliphatic rings. The molecule has 1 saturated carbocycles. The first kappa shape index (κ1) is 18.1. The Morgan fingerprint density at radius 2 is 1.81 bits per heavy atom. The minimum absolute atomic E-state index is 0.00345. The summed E-state index contributed by atoms with van der Waals surface area (Å²) in [6.07, 6.45) is 4.64. The smallest absolute Gasteiger partial charge is 0.125 e. The zero-order chi connectivity index (χ0) is 18.8. The number of aromatic amines is 1. The molecule has 2 N–H and O–H groups in total. The van der Waals surface area contributed by atoms with Crippen molar-refractivity contribution in [2.75, 3.05) is 0 Å². The summed E-state index contributed by atoms with van der Waals surface area (Å²) >= 11 is 0. The van der Waals surface area contributed by atoms with Crippen LogP contribution in [0.15, 0.2) is 48.7 Å². The molecule has 0 unspecified atom stereocenters. The summed E-state index contributed by atoms with van der Waals surface area (Å²) in [6.45, 7) is 5.86. The quantitative estimate of drug-likeness (QED) is 0.613. The van der Waals surface area contributed by atoms with Gasteiger partial charge < -0.3 is 14.8 Å². The third-order valence-electron chi connectivity index (χ3n) is 5.11. The normalized spacial score (nSPS) is 14.4. The van der Waals surface area contributed by atoms with E-state index < -0.39 is 0 Å². The van der Waals surface area contributed by atoms with E-state index in [1.165, 1.54) is 34.9 Å². The van der Waals surface area contributed by atoms with Crippen molar-refractivity contribution in [3.8, 4) is 5.75 Å². The van der Waals surface area contributed by atoms with Crippen LogP contribution in [0.5, 0.6) is 5.75 Å². The number of hydrogen-bond donors (Lipinski definition) is 2. The van der Waals surface area contributed by atoms with E-state index in [1.807, 2.05) is 26.1 Å². The second kappa shape index (κ2) is 7.75. The van der Waals surface area contributed by atoms with Gasteiger partial charge in [0.15, 0.2) is 0 Å². The molecule has 27 heavy (non-hydrogen) atoms. The first-order chi connectivity index (χ1) is 13.1. The van der Waals surface area contributed by atoms with Crippen LogP contribution in [-0.4, -0.2) is 27.1 Å². The molecule has 0 bridgehead atoms. The van der Waals surface area contributed by atoms with Crippen LogP contribution in [0.3, 0.4) is 0 Å². The Morgan fingerprint density at radius 1 is 1.07 bits per heavy atom. The summed E-state index contributed by atoms with van der Waals surface area (Å²) in [7, 11) is 0. The molecule has 2 aromatic carbocycles. The molecule has 0 atom stereocenters. The first-order valence-corrected chi connectivity index (χ1v) is 9.82. The first-order valence-electron chi connectivity index (χ1n) is 9.82. The Morgan fingerprint density at radius 3 is 2.52 bits per heavy atom. The summed E-state index contributed by atoms with van der Waals surface area (Å²) in [4.78, 5) is 5.81. The summed E-state index contributed by atoms with van der Waals surface area (Å²) in [5.74, 6) is 0.784. The largest absolute Gasteiger partial charge is 0.491 e. The Labute approximate surface area is 160 Å². The number of aromatic nitrogens is 1. The zero-order valence-electron chi connectivity index (χ0n) is 16.1. The number of fused-ring (bicyclic) bond motifs is 1. The highest BCUT2D eigenvalue weighted by Gasteiger charge is 2.29. The van der Waals surface area contributed by atoms with Crippen LogP contribution < -0.4 is 4.74 Å². The lowest BCUT2D eigenvalue weighted by Crippen LogP contribution is -2.25. The highest BCUT2D eigenvalue weighted by molar-refractivity contribution is 5.79. The molecule has 0 amide bonds. The van der Waals surface area contributed by atoms with Gasteiger partial charge in [0.05, 0.1) is 12.7 Å². The van der Waals surface area contributed by atoms with Gasteiger partial charge >= 0.3 is 0 Å². The molecule has 1 aliphatic carbocycles. The van der Waals surface area contributed by atoms with Crippen molar-refractivity contribution in [1.29, 1.82) is 0 Å². The number of H-pyrrole nitrogens is 1. The summed E-state index contributed by atoms with van der Waals surface area (Å²) in [5, 5.41) is 11.0. The van der Waals surface area contributed by atoms with Gasteiger partial charge in [0.25, 0.3) is 0 Å². The van der Waals surface area contributed by atoms with E-state index in [4.69, 9.17) is 4.74 Å². The lowest BCUT2D eigenvalue weighted by atomic mass is 10.1. The van der Waals surface area contributed by atoms with E-state index in [2.05, 4.69) is 46.3 Å². The molecule has 0 aliphatic heterocycles. The molecule has 0 saturated heterocycles. The van der Waals surface area contributed by atoms with E-state index in [0.29, 0.717) is 6.04 Å². The maximum absolute atomic E-state index is 9.73. The van der Waals surface area contributed by atoms with Crippen molar-refractivity contribution in [2.24, 2.45) is 0 Å². The Balaban J connectivity index is 1.51. The second-order valence-corrected chi connectivity index (χ2v) is 7.80. The van der Waals surface area contributed by atoms with Gasteiger partial charge in [-0.3, -0.25) is 4.90 Å². The van der Waals surface area contributed by atoms with Crippen LogP contribution >= 0.6 is 0 Å². The molecule has 4 heteroatoms. The molecule has 142 valence electrons. The number of nitrogens with zero attached hydrogens (tertiary/aromatic N) is 1. The van der Waals surface area contributed by atoms with E-state index >= 15 is 0 Å². The molecular weight excluding hydrogens is 336 g/mol. The Hall–Kier alpha value is -2.30. The van der Waals surface area contributed by atoms with Gasteiger partial charge in [0.1, 0.15) is 5.75 Å². The Kier molecular flexibility index (Phi) is 5.19. The average molecular weight is 364 g/mol. The van der Waals surface area contributed by atoms with Crippen molar-refractivity contribution in [1.82, 2.24) is 9.88 Å². The number of aliphatic hydroxyl groups excluding tert-OH is 1. The lowest BCUT2D eigenvalue weighted by Gasteiger charge is -2.23. The molecule has 4 rings (SSSR count).